The number of halogens is 1. The zero-order chi connectivity index (χ0) is 14.5. The summed E-state index contributed by atoms with van der Waals surface area (Å²) in [5.74, 6) is -0.597. The maximum Gasteiger partial charge on any atom is 0.343 e. The quantitative estimate of drug-likeness (QED) is 0.617. The van der Waals surface area contributed by atoms with Gasteiger partial charge in [-0.3, -0.25) is 0 Å². The highest BCUT2D eigenvalue weighted by atomic mass is 19.1. The molecule has 0 aliphatic rings. The maximum atomic E-state index is 13.6. The number of carbonyl (C=O) groups excluding carboxylic acids is 1. The summed E-state index contributed by atoms with van der Waals surface area (Å²) < 4.78 is 18.8. The second kappa shape index (κ2) is 6.33. The third kappa shape index (κ3) is 3.23. The van der Waals surface area contributed by atoms with Crippen molar-refractivity contribution in [2.75, 3.05) is 0 Å². The second-order valence-corrected chi connectivity index (χ2v) is 4.55. The number of aryl methyl sites for hydroxylation is 2. The Labute approximate surface area is 118 Å². The van der Waals surface area contributed by atoms with Crippen LogP contribution in [0.1, 0.15) is 35.3 Å². The molecule has 0 aromatic heterocycles. The summed E-state index contributed by atoms with van der Waals surface area (Å²) in [7, 11) is 0. The van der Waals surface area contributed by atoms with Gasteiger partial charge in [0, 0.05) is 6.07 Å². The lowest BCUT2D eigenvalue weighted by Crippen LogP contribution is -2.08. The number of carbonyl (C=O) groups is 1. The first-order valence-corrected chi connectivity index (χ1v) is 6.73. The molecule has 0 aliphatic carbocycles. The molecule has 20 heavy (non-hydrogen) atoms. The van der Waals surface area contributed by atoms with Crippen LogP contribution in [-0.4, -0.2) is 5.97 Å². The van der Waals surface area contributed by atoms with E-state index in [2.05, 4.69) is 0 Å². The number of ether oxygens (including phenoxy) is 1. The summed E-state index contributed by atoms with van der Waals surface area (Å²) in [5.41, 5.74) is 2.22. The van der Waals surface area contributed by atoms with E-state index in [1.807, 2.05) is 26.0 Å². The highest BCUT2D eigenvalue weighted by molar-refractivity contribution is 5.91. The summed E-state index contributed by atoms with van der Waals surface area (Å²) in [6.07, 6.45) is 1.53. The molecule has 0 amide bonds. The van der Waals surface area contributed by atoms with E-state index in [1.54, 1.807) is 24.3 Å². The minimum Gasteiger partial charge on any atom is -0.423 e. The topological polar surface area (TPSA) is 26.3 Å². The van der Waals surface area contributed by atoms with Crippen LogP contribution in [-0.2, 0) is 12.8 Å². The van der Waals surface area contributed by atoms with Crippen molar-refractivity contribution in [1.82, 2.24) is 0 Å². The largest absolute Gasteiger partial charge is 0.423 e. The standard InChI is InChI=1S/C17H17FO2/c1-3-12-5-7-14(8-6-12)17(19)20-15-10-9-13(4-2)16(18)11-15/h5-11H,3-4H2,1-2H3. The zero-order valence-corrected chi connectivity index (χ0v) is 11.7. The molecule has 0 saturated carbocycles. The van der Waals surface area contributed by atoms with E-state index in [-0.39, 0.29) is 11.6 Å². The Kier molecular flexibility index (Phi) is 4.51. The highest BCUT2D eigenvalue weighted by Crippen LogP contribution is 2.18. The van der Waals surface area contributed by atoms with Gasteiger partial charge < -0.3 is 4.74 Å². The molecule has 3 heteroatoms. The van der Waals surface area contributed by atoms with E-state index in [4.69, 9.17) is 4.74 Å². The average Bonchev–Trinajstić information content (AvgIpc) is 2.47. The first-order valence-electron chi connectivity index (χ1n) is 6.73. The van der Waals surface area contributed by atoms with E-state index >= 15 is 0 Å². The molecule has 2 rings (SSSR count). The van der Waals surface area contributed by atoms with Crippen LogP contribution in [0.2, 0.25) is 0 Å². The maximum absolute atomic E-state index is 13.6. The van der Waals surface area contributed by atoms with Gasteiger partial charge in [-0.1, -0.05) is 32.0 Å². The minimum atomic E-state index is -0.476. The highest BCUT2D eigenvalue weighted by Gasteiger charge is 2.10. The van der Waals surface area contributed by atoms with Gasteiger partial charge in [-0.25, -0.2) is 9.18 Å². The van der Waals surface area contributed by atoms with Crippen molar-refractivity contribution in [2.24, 2.45) is 0 Å². The zero-order valence-electron chi connectivity index (χ0n) is 11.7. The van der Waals surface area contributed by atoms with Crippen molar-refractivity contribution in [2.45, 2.75) is 26.7 Å². The fourth-order valence-corrected chi connectivity index (χ4v) is 1.92. The van der Waals surface area contributed by atoms with Gasteiger partial charge in [-0.2, -0.15) is 0 Å². The lowest BCUT2D eigenvalue weighted by molar-refractivity contribution is 0.0734. The van der Waals surface area contributed by atoms with Crippen molar-refractivity contribution in [1.29, 1.82) is 0 Å². The molecule has 0 saturated heterocycles. The molecular formula is C17H17FO2. The first kappa shape index (κ1) is 14.3. The van der Waals surface area contributed by atoms with Gasteiger partial charge in [0.1, 0.15) is 11.6 Å². The predicted molar refractivity (Wildman–Crippen MR) is 76.6 cm³/mol. The Morgan fingerprint density at radius 3 is 2.30 bits per heavy atom. The van der Waals surface area contributed by atoms with Crippen LogP contribution in [0.15, 0.2) is 42.5 Å². The van der Waals surface area contributed by atoms with Crippen molar-refractivity contribution < 1.29 is 13.9 Å². The van der Waals surface area contributed by atoms with Crippen LogP contribution in [0.25, 0.3) is 0 Å². The second-order valence-electron chi connectivity index (χ2n) is 4.55. The summed E-state index contributed by atoms with van der Waals surface area (Å²) in [5, 5.41) is 0. The molecule has 0 spiro atoms. The van der Waals surface area contributed by atoms with Crippen molar-refractivity contribution in [3.63, 3.8) is 0 Å². The number of hydrogen-bond donors (Lipinski definition) is 0. The smallest absolute Gasteiger partial charge is 0.343 e. The monoisotopic (exact) mass is 272 g/mol. The van der Waals surface area contributed by atoms with Crippen LogP contribution < -0.4 is 4.74 Å². The molecule has 0 heterocycles. The van der Waals surface area contributed by atoms with Crippen LogP contribution in [0.3, 0.4) is 0 Å². The lowest BCUT2D eigenvalue weighted by atomic mass is 10.1. The minimum absolute atomic E-state index is 0.226. The fraction of sp³-hybridized carbons (Fsp3) is 0.235. The number of benzene rings is 2. The van der Waals surface area contributed by atoms with Gasteiger partial charge in [0.25, 0.3) is 0 Å². The molecule has 0 bridgehead atoms. The third-order valence-corrected chi connectivity index (χ3v) is 3.21. The van der Waals surface area contributed by atoms with Crippen molar-refractivity contribution in [3.8, 4) is 5.75 Å². The molecule has 104 valence electrons. The van der Waals surface area contributed by atoms with Gasteiger partial charge in [0.05, 0.1) is 5.56 Å². The van der Waals surface area contributed by atoms with Crippen molar-refractivity contribution in [3.05, 3.63) is 65.0 Å². The molecule has 0 unspecified atom stereocenters. The Balaban J connectivity index is 2.12. The molecule has 0 aliphatic heterocycles. The number of esters is 1. The molecule has 2 aromatic rings. The van der Waals surface area contributed by atoms with Gasteiger partial charge >= 0.3 is 5.97 Å². The van der Waals surface area contributed by atoms with E-state index < -0.39 is 5.97 Å². The van der Waals surface area contributed by atoms with E-state index in [1.165, 1.54) is 6.07 Å². The first-order chi connectivity index (χ1) is 9.63. The Bertz CT molecular complexity index is 603. The molecule has 0 fully saturated rings. The number of rotatable bonds is 4. The molecule has 0 radical (unpaired) electrons. The van der Waals surface area contributed by atoms with Gasteiger partial charge in [-0.05, 0) is 42.2 Å². The average molecular weight is 272 g/mol. The van der Waals surface area contributed by atoms with Crippen LogP contribution >= 0.6 is 0 Å². The molecule has 2 aromatic carbocycles. The molecule has 0 atom stereocenters. The summed E-state index contributed by atoms with van der Waals surface area (Å²) in [6.45, 7) is 3.92. The van der Waals surface area contributed by atoms with Crippen molar-refractivity contribution >= 4 is 5.97 Å². The van der Waals surface area contributed by atoms with E-state index in [0.717, 1.165) is 12.0 Å². The summed E-state index contributed by atoms with van der Waals surface area (Å²) in [6, 6.07) is 11.7. The normalized spacial score (nSPS) is 10.3. The van der Waals surface area contributed by atoms with Gasteiger partial charge in [0.15, 0.2) is 0 Å². The Hall–Kier alpha value is -2.16. The molecular weight excluding hydrogens is 255 g/mol. The van der Waals surface area contributed by atoms with E-state index in [9.17, 15) is 9.18 Å². The summed E-state index contributed by atoms with van der Waals surface area (Å²) in [4.78, 5) is 11.9. The predicted octanol–water partition coefficient (Wildman–Crippen LogP) is 4.17. The molecule has 0 N–H and O–H groups in total. The Morgan fingerprint density at radius 1 is 1.05 bits per heavy atom. The Morgan fingerprint density at radius 2 is 1.75 bits per heavy atom. The van der Waals surface area contributed by atoms with Crippen LogP contribution in [0, 0.1) is 5.82 Å². The third-order valence-electron chi connectivity index (χ3n) is 3.21. The summed E-state index contributed by atoms with van der Waals surface area (Å²) >= 11 is 0. The van der Waals surface area contributed by atoms with Gasteiger partial charge in [-0.15, -0.1) is 0 Å². The van der Waals surface area contributed by atoms with Crippen LogP contribution in [0.5, 0.6) is 5.75 Å². The SMILES string of the molecule is CCc1ccc(C(=O)Oc2ccc(CC)c(F)c2)cc1. The van der Waals surface area contributed by atoms with E-state index in [0.29, 0.717) is 17.5 Å². The lowest BCUT2D eigenvalue weighted by Gasteiger charge is -2.06. The molecule has 2 nitrogen and oxygen atoms in total. The van der Waals surface area contributed by atoms with Gasteiger partial charge in [0.2, 0.25) is 0 Å². The fourth-order valence-electron chi connectivity index (χ4n) is 1.92. The number of hydrogen-bond acceptors (Lipinski definition) is 2. The van der Waals surface area contributed by atoms with Crippen LogP contribution in [0.4, 0.5) is 4.39 Å².